The predicted octanol–water partition coefficient (Wildman–Crippen LogP) is -1.34. The molecule has 0 bridgehead atoms. The molecule has 0 fully saturated rings. The largest absolute Gasteiger partial charge is 0.388 e. The second kappa shape index (κ2) is 6.09. The molecule has 112 valence electrons. The zero-order valence-corrected chi connectivity index (χ0v) is 14.2. The number of thiazole rings is 1. The molecule has 9 heteroatoms. The van der Waals surface area contributed by atoms with Crippen molar-refractivity contribution < 1.29 is 33.3 Å². The molecule has 2 heterocycles. The molecule has 0 aliphatic carbocycles. The van der Waals surface area contributed by atoms with E-state index in [1.807, 2.05) is 6.92 Å². The van der Waals surface area contributed by atoms with E-state index >= 15 is 0 Å². The van der Waals surface area contributed by atoms with Crippen LogP contribution in [0.1, 0.15) is 11.4 Å². The van der Waals surface area contributed by atoms with Crippen molar-refractivity contribution in [3.05, 3.63) is 40.1 Å². The minimum absolute atomic E-state index is 1.06. The molecule has 2 aromatic heterocycles. The Bertz CT molecular complexity index is 797. The molecular formula is C12H10BrClN2O4S. The van der Waals surface area contributed by atoms with E-state index < -0.39 is 10.2 Å². The summed E-state index contributed by atoms with van der Waals surface area (Å²) in [6.07, 6.45) is 0. The summed E-state index contributed by atoms with van der Waals surface area (Å²) in [5, 5.41) is 0. The van der Waals surface area contributed by atoms with Crippen molar-refractivity contribution in [2.45, 2.75) is 13.8 Å². The van der Waals surface area contributed by atoms with Gasteiger partial charge in [0.1, 0.15) is 5.69 Å². The zero-order chi connectivity index (χ0) is 15.8. The van der Waals surface area contributed by atoms with Crippen molar-refractivity contribution in [3.8, 4) is 0 Å². The molecule has 21 heavy (non-hydrogen) atoms. The van der Waals surface area contributed by atoms with Gasteiger partial charge in [0.05, 0.1) is 4.70 Å². The third-order valence-corrected chi connectivity index (χ3v) is 4.09. The lowest BCUT2D eigenvalue weighted by Gasteiger charge is -2.17. The average molecular weight is 394 g/mol. The van der Waals surface area contributed by atoms with Crippen LogP contribution in [-0.4, -0.2) is 4.98 Å². The molecule has 0 spiro atoms. The Morgan fingerprint density at radius 3 is 2.38 bits per heavy atom. The van der Waals surface area contributed by atoms with E-state index in [2.05, 4.69) is 56.5 Å². The molecule has 3 rings (SSSR count). The first-order valence-corrected chi connectivity index (χ1v) is 8.49. The van der Waals surface area contributed by atoms with Crippen LogP contribution in [0.3, 0.4) is 0 Å². The van der Waals surface area contributed by atoms with E-state index in [4.69, 9.17) is 18.6 Å². The van der Waals surface area contributed by atoms with E-state index in [1.54, 1.807) is 11.3 Å². The van der Waals surface area contributed by atoms with Gasteiger partial charge in [0, 0.05) is 17.5 Å². The Hall–Kier alpha value is -0.870. The highest BCUT2D eigenvalue weighted by Gasteiger charge is 2.16. The Morgan fingerprint density at radius 2 is 1.76 bits per heavy atom. The minimum Gasteiger partial charge on any atom is -0.222 e. The molecular weight excluding hydrogens is 384 g/mol. The molecule has 0 radical (unpaired) electrons. The van der Waals surface area contributed by atoms with Gasteiger partial charge < -0.3 is 0 Å². The lowest BCUT2D eigenvalue weighted by molar-refractivity contribution is -2.00. The van der Waals surface area contributed by atoms with Crippen LogP contribution in [0.4, 0.5) is 0 Å². The summed E-state index contributed by atoms with van der Waals surface area (Å²) in [6.45, 7) is 4.16. The second-order valence-corrected chi connectivity index (χ2v) is 6.93. The summed E-state index contributed by atoms with van der Waals surface area (Å²) < 4.78 is 38.6. The van der Waals surface area contributed by atoms with Crippen LogP contribution in [0, 0.1) is 24.1 Å². The summed E-state index contributed by atoms with van der Waals surface area (Å²) >= 11 is 5.23. The number of rotatable bonds is 0. The average Bonchev–Trinajstić information content (AvgIpc) is 2.63. The molecule has 0 atom stereocenters. The highest BCUT2D eigenvalue weighted by atomic mass is 79.9. The first-order chi connectivity index (χ1) is 9.65. The quantitative estimate of drug-likeness (QED) is 0.439. The molecule has 0 aliphatic rings. The number of hydrogen-bond donors (Lipinski definition) is 0. The molecule has 0 unspecified atom stereocenters. The lowest BCUT2D eigenvalue weighted by atomic mass is 10.3. The van der Waals surface area contributed by atoms with E-state index in [0.717, 1.165) is 15.1 Å². The summed E-state index contributed by atoms with van der Waals surface area (Å²) in [4.78, 5) is 5.63. The van der Waals surface area contributed by atoms with Gasteiger partial charge in [-0.05, 0) is 41.4 Å². The van der Waals surface area contributed by atoms with Crippen molar-refractivity contribution in [2.24, 2.45) is 0 Å². The van der Waals surface area contributed by atoms with Gasteiger partial charge in [-0.15, -0.1) is 10.2 Å². The molecule has 0 saturated carbocycles. The van der Waals surface area contributed by atoms with Crippen LogP contribution in [-0.2, 0) is 0 Å². The van der Waals surface area contributed by atoms with Crippen LogP contribution in [0.5, 0.6) is 0 Å². The van der Waals surface area contributed by atoms with Crippen molar-refractivity contribution in [3.63, 3.8) is 0 Å². The van der Waals surface area contributed by atoms with Gasteiger partial charge in [0.25, 0.3) is 0 Å². The van der Waals surface area contributed by atoms with Crippen molar-refractivity contribution in [2.75, 3.05) is 0 Å². The van der Waals surface area contributed by atoms with Crippen LogP contribution < -0.4 is 23.0 Å². The fourth-order valence-electron chi connectivity index (χ4n) is 1.97. The number of aryl methyl sites for hydroxylation is 2. The maximum atomic E-state index is 8.49. The molecule has 1 aromatic carbocycles. The number of halogens is 2. The minimum atomic E-state index is -4.94. The fraction of sp³-hybridized carbons (Fsp3) is 0.167. The Balaban J connectivity index is 0.000000282. The van der Waals surface area contributed by atoms with Gasteiger partial charge in [-0.2, -0.15) is 4.40 Å². The molecule has 0 N–H and O–H groups in total. The van der Waals surface area contributed by atoms with Crippen LogP contribution >= 0.6 is 27.3 Å². The first kappa shape index (κ1) is 16.5. The Labute approximate surface area is 134 Å². The molecule has 0 amide bonds. The zero-order valence-electron chi connectivity index (χ0n) is 11.0. The third-order valence-electron chi connectivity index (χ3n) is 2.60. The molecule has 0 saturated heterocycles. The Kier molecular flexibility index (Phi) is 4.79. The SMILES string of the molecule is Cc1cc(C)[n+]2c(n1)sc1cc(Br)ccc12.[O-][Cl+3]([O-])([O-])[O-]. The van der Waals surface area contributed by atoms with Gasteiger partial charge in [0.15, 0.2) is 11.2 Å². The number of fused-ring (bicyclic) bond motifs is 3. The van der Waals surface area contributed by atoms with Crippen LogP contribution in [0.2, 0.25) is 0 Å². The maximum Gasteiger partial charge on any atom is 0.388 e. The van der Waals surface area contributed by atoms with Crippen LogP contribution in [0.15, 0.2) is 28.7 Å². The maximum absolute atomic E-state index is 8.49. The summed E-state index contributed by atoms with van der Waals surface area (Å²) in [6, 6.07) is 8.46. The van der Waals surface area contributed by atoms with Gasteiger partial charge in [-0.1, -0.05) is 15.9 Å². The smallest absolute Gasteiger partial charge is 0.222 e. The summed E-state index contributed by atoms with van der Waals surface area (Å²) in [5.41, 5.74) is 3.53. The van der Waals surface area contributed by atoms with E-state index in [0.29, 0.717) is 0 Å². The Morgan fingerprint density at radius 1 is 1.14 bits per heavy atom. The normalized spacial score (nSPS) is 11.6. The van der Waals surface area contributed by atoms with Gasteiger partial charge in [-0.25, -0.2) is 18.6 Å². The van der Waals surface area contributed by atoms with E-state index in [9.17, 15) is 0 Å². The molecule has 0 aliphatic heterocycles. The van der Waals surface area contributed by atoms with Crippen molar-refractivity contribution in [1.29, 1.82) is 0 Å². The highest BCUT2D eigenvalue weighted by molar-refractivity contribution is 9.10. The van der Waals surface area contributed by atoms with E-state index in [-0.39, 0.29) is 0 Å². The second-order valence-electron chi connectivity index (χ2n) is 4.25. The number of aromatic nitrogens is 2. The summed E-state index contributed by atoms with van der Waals surface area (Å²) in [5.74, 6) is 0. The van der Waals surface area contributed by atoms with Gasteiger partial charge in [0.2, 0.25) is 0 Å². The third kappa shape index (κ3) is 4.30. The molecule has 6 nitrogen and oxygen atoms in total. The summed E-state index contributed by atoms with van der Waals surface area (Å²) in [7, 11) is -4.94. The molecule has 3 aromatic rings. The first-order valence-electron chi connectivity index (χ1n) is 5.65. The number of hydrogen-bond acceptors (Lipinski definition) is 6. The number of benzene rings is 1. The number of nitrogens with zero attached hydrogens (tertiary/aromatic N) is 2. The van der Waals surface area contributed by atoms with E-state index in [1.165, 1.54) is 15.9 Å². The van der Waals surface area contributed by atoms with Crippen LogP contribution in [0.25, 0.3) is 15.2 Å². The van der Waals surface area contributed by atoms with Crippen molar-refractivity contribution in [1.82, 2.24) is 4.98 Å². The van der Waals surface area contributed by atoms with Crippen molar-refractivity contribution >= 4 is 42.4 Å². The fourth-order valence-corrected chi connectivity index (χ4v) is 3.65. The lowest BCUT2D eigenvalue weighted by Crippen LogP contribution is -2.68. The van der Waals surface area contributed by atoms with Gasteiger partial charge in [-0.3, -0.25) is 0 Å². The highest BCUT2D eigenvalue weighted by Crippen LogP contribution is 2.24. The van der Waals surface area contributed by atoms with Gasteiger partial charge >= 0.3 is 4.96 Å². The predicted molar refractivity (Wildman–Crippen MR) is 70.0 cm³/mol. The monoisotopic (exact) mass is 392 g/mol. The standard InChI is InChI=1S/C12H10BrN2S.ClHO4/c1-7-5-8(2)15-10-4-3-9(13)6-11(10)16-12(15)14-7;2-1(3,4)5/h3-6H,1-2H3;(H,2,3,4,5)/q+1;/p-1. The topological polar surface area (TPSA) is 109 Å².